The summed E-state index contributed by atoms with van der Waals surface area (Å²) in [7, 11) is 0. The second kappa shape index (κ2) is 7.27. The lowest BCUT2D eigenvalue weighted by Crippen LogP contribution is -2.24. The summed E-state index contributed by atoms with van der Waals surface area (Å²) >= 11 is 1.61. The van der Waals surface area contributed by atoms with Crippen LogP contribution in [0, 0.1) is 0 Å². The van der Waals surface area contributed by atoms with Gasteiger partial charge >= 0.3 is 5.69 Å². The van der Waals surface area contributed by atoms with Crippen molar-refractivity contribution in [2.24, 2.45) is 4.99 Å². The van der Waals surface area contributed by atoms with Crippen LogP contribution in [0.25, 0.3) is 21.9 Å². The van der Waals surface area contributed by atoms with Crippen molar-refractivity contribution in [1.29, 1.82) is 0 Å². The van der Waals surface area contributed by atoms with Crippen LogP contribution in [0.4, 0.5) is 5.95 Å². The number of nitrogens with one attached hydrogen (secondary N) is 3. The third-order valence-electron chi connectivity index (χ3n) is 4.99. The summed E-state index contributed by atoms with van der Waals surface area (Å²) in [5.74, 6) is 0.151. The first-order valence-corrected chi connectivity index (χ1v) is 10.8. The molecule has 1 aliphatic rings. The lowest BCUT2D eigenvalue weighted by atomic mass is 10.3. The zero-order chi connectivity index (χ0) is 21.7. The molecule has 1 aromatic carbocycles. The van der Waals surface area contributed by atoms with Crippen molar-refractivity contribution >= 4 is 39.2 Å². The zero-order valence-electron chi connectivity index (χ0n) is 16.6. The van der Waals surface area contributed by atoms with E-state index in [1.807, 2.05) is 24.3 Å². The molecule has 1 fully saturated rings. The second-order valence-electron chi connectivity index (χ2n) is 7.46. The number of aromatic hydroxyl groups is 1. The van der Waals surface area contributed by atoms with Gasteiger partial charge in [0.25, 0.3) is 5.62 Å². The fourth-order valence-electron chi connectivity index (χ4n) is 3.31. The van der Waals surface area contributed by atoms with Gasteiger partial charge in [-0.05, 0) is 31.1 Å². The van der Waals surface area contributed by atoms with Crippen LogP contribution >= 0.6 is 11.3 Å². The number of nitrogens with zero attached hydrogens (tertiary/aromatic N) is 6. The van der Waals surface area contributed by atoms with Gasteiger partial charge in [0, 0.05) is 5.22 Å². The molecule has 4 heterocycles. The van der Waals surface area contributed by atoms with Crippen molar-refractivity contribution in [1.82, 2.24) is 34.5 Å². The number of hydrogen-bond donors (Lipinski definition) is 4. The molecule has 12 heteroatoms. The van der Waals surface area contributed by atoms with Crippen LogP contribution in [-0.4, -0.2) is 45.7 Å². The quantitative estimate of drug-likeness (QED) is 0.309. The third-order valence-corrected chi connectivity index (χ3v) is 6.03. The number of imidazole rings is 1. The van der Waals surface area contributed by atoms with E-state index in [0.717, 1.165) is 28.1 Å². The number of rotatable bonds is 5. The lowest BCUT2D eigenvalue weighted by molar-refractivity contribution is 0.454. The first-order chi connectivity index (χ1) is 15.6. The monoisotopic (exact) mass is 447 g/mol. The molecule has 0 atom stereocenters. The van der Waals surface area contributed by atoms with E-state index in [9.17, 15) is 9.90 Å². The van der Waals surface area contributed by atoms with E-state index in [4.69, 9.17) is 0 Å². The Morgan fingerprint density at radius 3 is 2.91 bits per heavy atom. The Bertz CT molecular complexity index is 1610. The molecule has 0 saturated heterocycles. The van der Waals surface area contributed by atoms with E-state index in [0.29, 0.717) is 29.0 Å². The topological polar surface area (TPSA) is 149 Å². The molecule has 0 aliphatic heterocycles. The second-order valence-corrected chi connectivity index (χ2v) is 8.57. The highest BCUT2D eigenvalue weighted by atomic mass is 32.1. The average Bonchev–Trinajstić information content (AvgIpc) is 3.21. The molecule has 160 valence electrons. The normalized spacial score (nSPS) is 15.2. The van der Waals surface area contributed by atoms with Crippen molar-refractivity contribution in [2.75, 3.05) is 5.32 Å². The molecule has 6 rings (SSSR count). The Morgan fingerprint density at radius 2 is 2.12 bits per heavy atom. The highest BCUT2D eigenvalue weighted by molar-refractivity contribution is 7.18. The van der Waals surface area contributed by atoms with Crippen LogP contribution in [-0.2, 0) is 6.54 Å². The summed E-state index contributed by atoms with van der Waals surface area (Å²) in [4.78, 5) is 34.7. The number of aromatic amines is 2. The largest absolute Gasteiger partial charge is 0.493 e. The van der Waals surface area contributed by atoms with Crippen LogP contribution < -0.4 is 21.8 Å². The number of aromatic nitrogens is 7. The van der Waals surface area contributed by atoms with E-state index in [2.05, 4.69) is 40.3 Å². The SMILES string of the molecule is O=c1[nH]c(O)c(/C=c2\cnn3c(=NC4CC4)nc(NCc4nc5ccccc5s4)nc23)[nH]1. The van der Waals surface area contributed by atoms with Crippen molar-refractivity contribution in [3.63, 3.8) is 0 Å². The van der Waals surface area contributed by atoms with Gasteiger partial charge in [-0.3, -0.25) is 4.98 Å². The number of thiazole rings is 1. The van der Waals surface area contributed by atoms with Crippen LogP contribution in [0.2, 0.25) is 0 Å². The lowest BCUT2D eigenvalue weighted by Gasteiger charge is -2.03. The van der Waals surface area contributed by atoms with E-state index >= 15 is 0 Å². The van der Waals surface area contributed by atoms with Gasteiger partial charge < -0.3 is 15.4 Å². The first-order valence-electron chi connectivity index (χ1n) is 10.0. The van der Waals surface area contributed by atoms with Crippen LogP contribution in [0.5, 0.6) is 5.88 Å². The van der Waals surface area contributed by atoms with Gasteiger partial charge in [0.15, 0.2) is 5.65 Å². The van der Waals surface area contributed by atoms with E-state index in [-0.39, 0.29) is 17.6 Å². The zero-order valence-corrected chi connectivity index (χ0v) is 17.4. The van der Waals surface area contributed by atoms with Gasteiger partial charge in [-0.25, -0.2) is 14.8 Å². The summed E-state index contributed by atoms with van der Waals surface area (Å²) in [6.45, 7) is 0.470. The van der Waals surface area contributed by atoms with Crippen LogP contribution in [0.3, 0.4) is 0 Å². The molecule has 32 heavy (non-hydrogen) atoms. The van der Waals surface area contributed by atoms with Gasteiger partial charge in [0.1, 0.15) is 10.7 Å². The third kappa shape index (κ3) is 3.50. The number of fused-ring (bicyclic) bond motifs is 2. The molecule has 4 N–H and O–H groups in total. The smallest absolute Gasteiger partial charge is 0.326 e. The highest BCUT2D eigenvalue weighted by Gasteiger charge is 2.21. The molecule has 0 unspecified atom stereocenters. The van der Waals surface area contributed by atoms with Gasteiger partial charge in [-0.1, -0.05) is 12.1 Å². The summed E-state index contributed by atoms with van der Waals surface area (Å²) in [5, 5.41) is 19.0. The van der Waals surface area contributed by atoms with E-state index in [1.165, 1.54) is 0 Å². The summed E-state index contributed by atoms with van der Waals surface area (Å²) in [6.07, 6.45) is 5.25. The minimum atomic E-state index is -0.498. The molecular formula is C20H17N9O2S. The minimum Gasteiger partial charge on any atom is -0.493 e. The predicted octanol–water partition coefficient (Wildman–Crippen LogP) is 0.679. The van der Waals surface area contributed by atoms with Crippen LogP contribution in [0.15, 0.2) is 40.2 Å². The van der Waals surface area contributed by atoms with Crippen molar-refractivity contribution in [3.8, 4) is 5.88 Å². The summed E-state index contributed by atoms with van der Waals surface area (Å²) in [6, 6.07) is 8.23. The first kappa shape index (κ1) is 18.7. The molecule has 0 amide bonds. The molecule has 0 radical (unpaired) electrons. The van der Waals surface area contributed by atoms with Crippen molar-refractivity contribution in [2.45, 2.75) is 25.4 Å². The molecule has 1 aliphatic carbocycles. The van der Waals surface area contributed by atoms with Gasteiger partial charge in [0.2, 0.25) is 11.8 Å². The molecular weight excluding hydrogens is 430 g/mol. The van der Waals surface area contributed by atoms with Crippen molar-refractivity contribution in [3.05, 3.63) is 62.5 Å². The van der Waals surface area contributed by atoms with Gasteiger partial charge in [-0.2, -0.15) is 19.6 Å². The van der Waals surface area contributed by atoms with E-state index in [1.54, 1.807) is 28.1 Å². The van der Waals surface area contributed by atoms with Gasteiger partial charge in [0.05, 0.1) is 29.0 Å². The van der Waals surface area contributed by atoms with E-state index < -0.39 is 5.69 Å². The predicted molar refractivity (Wildman–Crippen MR) is 118 cm³/mol. The Balaban J connectivity index is 1.42. The number of anilines is 1. The Labute approximate surface area is 183 Å². The Kier molecular flexibility index (Phi) is 4.24. The summed E-state index contributed by atoms with van der Waals surface area (Å²) in [5.41, 5.74) is 1.67. The highest BCUT2D eigenvalue weighted by Crippen LogP contribution is 2.23. The number of H-pyrrole nitrogens is 2. The average molecular weight is 447 g/mol. The Morgan fingerprint density at radius 1 is 1.25 bits per heavy atom. The number of benzene rings is 1. The standard InChI is InChI=1S/C20H17N9O2S/c30-17-13(25-20(31)27-17)7-10-8-22-29-16(10)26-18(28-19(29)23-11-5-6-11)21-9-15-24-12-3-1-2-4-14(12)32-15/h1-4,7-8,11,30H,5-6,9H2,(H,21,23,28)(H2,25,27,31)/b10-7+. The minimum absolute atomic E-state index is 0.243. The fourth-order valence-corrected chi connectivity index (χ4v) is 4.22. The molecule has 11 nitrogen and oxygen atoms in total. The fraction of sp³-hybridized carbons (Fsp3) is 0.200. The maximum Gasteiger partial charge on any atom is 0.326 e. The Hall–Kier alpha value is -4.06. The number of para-hydroxylation sites is 1. The molecule has 0 bridgehead atoms. The maximum absolute atomic E-state index is 11.5. The number of hydrogen-bond acceptors (Lipinski definition) is 9. The van der Waals surface area contributed by atoms with Crippen LogP contribution in [0.1, 0.15) is 23.5 Å². The van der Waals surface area contributed by atoms with Crippen molar-refractivity contribution < 1.29 is 5.11 Å². The maximum atomic E-state index is 11.5. The molecule has 5 aromatic rings. The molecule has 0 spiro atoms. The molecule has 4 aromatic heterocycles. The summed E-state index contributed by atoms with van der Waals surface area (Å²) < 4.78 is 2.69. The molecule has 1 saturated carbocycles. The van der Waals surface area contributed by atoms with Gasteiger partial charge in [-0.15, -0.1) is 11.3 Å².